The molecule has 33 heavy (non-hydrogen) atoms. The Morgan fingerprint density at radius 1 is 1.30 bits per heavy atom. The highest BCUT2D eigenvalue weighted by Gasteiger charge is 2.33. The molecule has 0 aromatic heterocycles. The van der Waals surface area contributed by atoms with Crippen LogP contribution in [0.5, 0.6) is 0 Å². The van der Waals surface area contributed by atoms with Crippen molar-refractivity contribution in [3.05, 3.63) is 52.2 Å². The number of carbonyl (C=O) groups excluding carboxylic acids is 2. The first kappa shape index (κ1) is 23.8. The summed E-state index contributed by atoms with van der Waals surface area (Å²) in [4.78, 5) is 30.6. The van der Waals surface area contributed by atoms with Gasteiger partial charge in [0.15, 0.2) is 0 Å². The zero-order chi connectivity index (χ0) is 24.0. The van der Waals surface area contributed by atoms with Gasteiger partial charge in [0, 0.05) is 17.6 Å². The molecule has 2 aliphatic rings. The third kappa shape index (κ3) is 6.12. The monoisotopic (exact) mass is 455 g/mol. The normalized spacial score (nSPS) is 22.3. The summed E-state index contributed by atoms with van der Waals surface area (Å²) < 4.78 is 0. The van der Waals surface area contributed by atoms with E-state index in [1.807, 2.05) is 19.9 Å². The van der Waals surface area contributed by atoms with Crippen LogP contribution in [0.15, 0.2) is 41.1 Å². The van der Waals surface area contributed by atoms with Crippen LogP contribution in [0.1, 0.15) is 61.9 Å². The number of hydrogen-bond donors (Lipinski definition) is 3. The van der Waals surface area contributed by atoms with Crippen molar-refractivity contribution in [1.29, 1.82) is 5.26 Å². The van der Waals surface area contributed by atoms with Gasteiger partial charge in [-0.1, -0.05) is 26.7 Å². The van der Waals surface area contributed by atoms with E-state index in [0.29, 0.717) is 30.4 Å². The van der Waals surface area contributed by atoms with Crippen LogP contribution in [-0.4, -0.2) is 28.9 Å². The fourth-order valence-electron chi connectivity index (χ4n) is 4.01. The van der Waals surface area contributed by atoms with Crippen molar-refractivity contribution in [3.63, 3.8) is 0 Å². The van der Waals surface area contributed by atoms with Crippen LogP contribution < -0.4 is 21.2 Å². The molecule has 0 spiro atoms. The summed E-state index contributed by atoms with van der Waals surface area (Å²) in [5.74, 6) is -2.01. The van der Waals surface area contributed by atoms with Crippen molar-refractivity contribution in [2.75, 3.05) is 0 Å². The minimum Gasteiger partial charge on any atom is -0.871 e. The minimum atomic E-state index is -0.904. The van der Waals surface area contributed by atoms with Crippen LogP contribution in [0.4, 0.5) is 0 Å². The fourth-order valence-corrected chi connectivity index (χ4v) is 4.01. The Kier molecular flexibility index (Phi) is 7.71. The standard InChI is InChI=1S/C22H28N6O5/c1-13(2)11-18(19(29)22-26-27-28(32)33-22)25-21(31)16-5-3-4-6-17(16)24-20(30)15-9-7-14(12-23)8-10-15/h7-10,13,16-18,26,29H,3-6,11H2,1-2H3,(H,24,30)(H,25,31)/p-1/t16-,17+,18+/m1/s1. The van der Waals surface area contributed by atoms with Gasteiger partial charge in [-0.2, -0.15) is 5.26 Å². The molecule has 0 unspecified atom stereocenters. The highest BCUT2D eigenvalue weighted by molar-refractivity contribution is 5.95. The number of nitrogens with zero attached hydrogens (tertiary/aromatic N) is 3. The predicted molar refractivity (Wildman–Crippen MR) is 113 cm³/mol. The van der Waals surface area contributed by atoms with Gasteiger partial charge in [-0.15, -0.1) is 5.43 Å². The Hall–Kier alpha value is -3.81. The first-order valence-corrected chi connectivity index (χ1v) is 10.9. The van der Waals surface area contributed by atoms with Crippen molar-refractivity contribution in [2.24, 2.45) is 17.1 Å². The summed E-state index contributed by atoms with van der Waals surface area (Å²) in [5.41, 5.74) is 3.08. The van der Waals surface area contributed by atoms with Gasteiger partial charge in [-0.3, -0.25) is 9.59 Å². The molecule has 1 aromatic rings. The van der Waals surface area contributed by atoms with Gasteiger partial charge in [0.2, 0.25) is 11.8 Å². The molecule has 0 radical (unpaired) electrons. The lowest BCUT2D eigenvalue weighted by Crippen LogP contribution is -2.51. The second-order valence-corrected chi connectivity index (χ2v) is 8.59. The predicted octanol–water partition coefficient (Wildman–Crippen LogP) is 1.32. The lowest BCUT2D eigenvalue weighted by molar-refractivity contribution is -0.763. The zero-order valence-corrected chi connectivity index (χ0v) is 18.5. The average molecular weight is 455 g/mol. The molecule has 11 nitrogen and oxygen atoms in total. The number of amides is 2. The van der Waals surface area contributed by atoms with Crippen molar-refractivity contribution < 1.29 is 24.6 Å². The number of rotatable bonds is 7. The van der Waals surface area contributed by atoms with E-state index in [9.17, 15) is 19.9 Å². The molecule has 11 heteroatoms. The van der Waals surface area contributed by atoms with E-state index in [4.69, 9.17) is 10.1 Å². The average Bonchev–Trinajstić information content (AvgIpc) is 3.24. The molecule has 176 valence electrons. The fraction of sp³-hybridized carbons (Fsp3) is 0.500. The Morgan fingerprint density at radius 3 is 2.61 bits per heavy atom. The minimum absolute atomic E-state index is 0.0831. The summed E-state index contributed by atoms with van der Waals surface area (Å²) in [7, 11) is 0. The van der Waals surface area contributed by atoms with Gasteiger partial charge in [0.25, 0.3) is 5.91 Å². The molecule has 0 bridgehead atoms. The maximum atomic E-state index is 13.2. The van der Waals surface area contributed by atoms with Gasteiger partial charge in [0.1, 0.15) is 5.22 Å². The van der Waals surface area contributed by atoms with Crippen molar-refractivity contribution in [2.45, 2.75) is 58.0 Å². The third-order valence-electron chi connectivity index (χ3n) is 5.66. The van der Waals surface area contributed by atoms with Gasteiger partial charge >= 0.3 is 0 Å². The molecule has 3 rings (SSSR count). The Balaban J connectivity index is 1.71. The second kappa shape index (κ2) is 10.7. The van der Waals surface area contributed by atoms with Gasteiger partial charge in [-0.25, -0.2) is 0 Å². The largest absolute Gasteiger partial charge is 0.871 e. The molecular weight excluding hydrogens is 428 g/mol. The van der Waals surface area contributed by atoms with E-state index < -0.39 is 23.8 Å². The molecular formula is C22H27N6O5-. The number of hydrogen-bond acceptors (Lipinski definition) is 8. The van der Waals surface area contributed by atoms with E-state index in [2.05, 4.69) is 21.3 Å². The number of nitriles is 1. The first-order valence-electron chi connectivity index (χ1n) is 10.9. The Labute approximate surface area is 191 Å². The van der Waals surface area contributed by atoms with E-state index in [0.717, 1.165) is 12.8 Å². The first-order chi connectivity index (χ1) is 15.8. The van der Waals surface area contributed by atoms with E-state index in [-0.39, 0.29) is 28.6 Å². The van der Waals surface area contributed by atoms with Gasteiger partial charge < -0.3 is 25.8 Å². The number of benzene rings is 1. The lowest BCUT2D eigenvalue weighted by Gasteiger charge is -2.34. The van der Waals surface area contributed by atoms with Crippen molar-refractivity contribution >= 4 is 11.8 Å². The molecule has 1 saturated carbocycles. The highest BCUT2D eigenvalue weighted by atomic mass is 16.9. The third-order valence-corrected chi connectivity index (χ3v) is 5.66. The van der Waals surface area contributed by atoms with Crippen LogP contribution in [0.2, 0.25) is 0 Å². The highest BCUT2D eigenvalue weighted by Crippen LogP contribution is 2.26. The van der Waals surface area contributed by atoms with E-state index >= 15 is 0 Å². The van der Waals surface area contributed by atoms with Gasteiger partial charge in [0.05, 0.1) is 22.6 Å². The molecule has 1 aromatic carbocycles. The van der Waals surface area contributed by atoms with Crippen LogP contribution in [0, 0.1) is 28.4 Å². The zero-order valence-electron chi connectivity index (χ0n) is 18.5. The Bertz CT molecular complexity index is 982. The van der Waals surface area contributed by atoms with Crippen LogP contribution in [0.25, 0.3) is 0 Å². The molecule has 2 amide bonds. The SMILES string of the molecule is CC(C)C[C@H](NC(=O)[C@@H]1CCCC[C@@H]1NC(=O)c1ccc(C#N)cc1)C([O-])=C1NN=[N+]([O-])O1. The van der Waals surface area contributed by atoms with Gasteiger partial charge in [-0.05, 0) is 55.2 Å². The molecule has 1 fully saturated rings. The van der Waals surface area contributed by atoms with Crippen molar-refractivity contribution in [3.8, 4) is 6.07 Å². The number of carbonyl (C=O) groups is 2. The van der Waals surface area contributed by atoms with E-state index in [1.165, 1.54) is 0 Å². The van der Waals surface area contributed by atoms with Crippen LogP contribution >= 0.6 is 0 Å². The quantitative estimate of drug-likeness (QED) is 0.412. The Morgan fingerprint density at radius 2 is 2.00 bits per heavy atom. The maximum Gasteiger partial charge on any atom is 0.251 e. The maximum absolute atomic E-state index is 13.2. The molecule has 1 heterocycles. The summed E-state index contributed by atoms with van der Waals surface area (Å²) in [6.45, 7) is 3.82. The molecule has 0 saturated heterocycles. The summed E-state index contributed by atoms with van der Waals surface area (Å²) in [6, 6.07) is 6.98. The topological polar surface area (TPSA) is 165 Å². The molecule has 3 atom stereocenters. The second-order valence-electron chi connectivity index (χ2n) is 8.59. The van der Waals surface area contributed by atoms with Crippen molar-refractivity contribution in [1.82, 2.24) is 16.1 Å². The molecule has 1 aliphatic heterocycles. The molecule has 1 aliphatic carbocycles. The van der Waals surface area contributed by atoms with Crippen LogP contribution in [0.3, 0.4) is 0 Å². The van der Waals surface area contributed by atoms with Crippen LogP contribution in [-0.2, 0) is 9.63 Å². The number of nitrogens with one attached hydrogen (secondary N) is 3. The summed E-state index contributed by atoms with van der Waals surface area (Å²) in [6.07, 6.45) is 3.24. The van der Waals surface area contributed by atoms with E-state index in [1.54, 1.807) is 24.3 Å². The molecule has 3 N–H and O–H groups in total. The summed E-state index contributed by atoms with van der Waals surface area (Å²) in [5, 5.41) is 41.7. The lowest BCUT2D eigenvalue weighted by atomic mass is 9.83. The smallest absolute Gasteiger partial charge is 0.251 e. The summed E-state index contributed by atoms with van der Waals surface area (Å²) >= 11 is 0.